The van der Waals surface area contributed by atoms with Crippen LogP contribution in [0.25, 0.3) is 0 Å². The first kappa shape index (κ1) is 13.1. The summed E-state index contributed by atoms with van der Waals surface area (Å²) in [5, 5.41) is 13.1. The molecule has 2 amide bonds. The molecule has 1 rings (SSSR count). The standard InChI is InChI=1S/C9H9F2IN2O2/c10-5-3-7(12)8(4-6(5)11)14-9(16)13-1-2-15/h3-4,15H,1-2H2,(H2,13,14,16). The second-order valence-electron chi connectivity index (χ2n) is 2.85. The minimum absolute atomic E-state index is 0.0894. The maximum Gasteiger partial charge on any atom is 0.319 e. The summed E-state index contributed by atoms with van der Waals surface area (Å²) in [5.41, 5.74) is 0.176. The number of benzene rings is 1. The van der Waals surface area contributed by atoms with Gasteiger partial charge in [-0.25, -0.2) is 13.6 Å². The molecule has 0 saturated carbocycles. The van der Waals surface area contributed by atoms with E-state index < -0.39 is 17.7 Å². The normalized spacial score (nSPS) is 10.0. The lowest BCUT2D eigenvalue weighted by atomic mass is 10.3. The molecule has 7 heteroatoms. The summed E-state index contributed by atoms with van der Waals surface area (Å²) < 4.78 is 26.0. The van der Waals surface area contributed by atoms with Gasteiger partial charge in [0.05, 0.1) is 12.3 Å². The number of anilines is 1. The summed E-state index contributed by atoms with van der Waals surface area (Å²) in [6.45, 7) is -0.103. The van der Waals surface area contributed by atoms with Crippen molar-refractivity contribution in [1.82, 2.24) is 5.32 Å². The van der Waals surface area contributed by atoms with E-state index in [1.54, 1.807) is 22.6 Å². The molecule has 4 nitrogen and oxygen atoms in total. The molecule has 16 heavy (non-hydrogen) atoms. The third-order valence-electron chi connectivity index (χ3n) is 1.66. The lowest BCUT2D eigenvalue weighted by Crippen LogP contribution is -2.31. The second-order valence-corrected chi connectivity index (χ2v) is 4.01. The second kappa shape index (κ2) is 5.94. The molecule has 0 saturated heterocycles. The van der Waals surface area contributed by atoms with E-state index in [9.17, 15) is 13.6 Å². The lowest BCUT2D eigenvalue weighted by Gasteiger charge is -2.08. The van der Waals surface area contributed by atoms with Crippen LogP contribution in [-0.4, -0.2) is 24.3 Å². The Morgan fingerprint density at radius 1 is 1.38 bits per heavy atom. The Balaban J connectivity index is 2.73. The molecular formula is C9H9F2IN2O2. The molecule has 0 aliphatic heterocycles. The number of carbonyl (C=O) groups excluding carboxylic acids is 1. The van der Waals surface area contributed by atoms with E-state index >= 15 is 0 Å². The highest BCUT2D eigenvalue weighted by molar-refractivity contribution is 14.1. The number of rotatable bonds is 3. The zero-order chi connectivity index (χ0) is 12.1. The first-order valence-electron chi connectivity index (χ1n) is 4.35. The van der Waals surface area contributed by atoms with E-state index in [1.807, 2.05) is 0 Å². The monoisotopic (exact) mass is 342 g/mol. The first-order valence-corrected chi connectivity index (χ1v) is 5.42. The third-order valence-corrected chi connectivity index (χ3v) is 2.55. The quantitative estimate of drug-likeness (QED) is 0.578. The predicted octanol–water partition coefficient (Wildman–Crippen LogP) is 1.68. The van der Waals surface area contributed by atoms with Crippen molar-refractivity contribution in [2.75, 3.05) is 18.5 Å². The Morgan fingerprint density at radius 3 is 2.62 bits per heavy atom. The molecule has 0 unspecified atom stereocenters. The molecule has 0 fully saturated rings. The van der Waals surface area contributed by atoms with Crippen molar-refractivity contribution in [3.63, 3.8) is 0 Å². The predicted molar refractivity (Wildman–Crippen MR) is 63.2 cm³/mol. The molecule has 0 atom stereocenters. The Labute approximate surface area is 104 Å². The number of hydrogen-bond acceptors (Lipinski definition) is 2. The van der Waals surface area contributed by atoms with Gasteiger partial charge < -0.3 is 15.7 Å². The Bertz CT molecular complexity index is 401. The van der Waals surface area contributed by atoms with Crippen molar-refractivity contribution in [2.45, 2.75) is 0 Å². The average molecular weight is 342 g/mol. The summed E-state index contributed by atoms with van der Waals surface area (Å²) in [6.07, 6.45) is 0. The largest absolute Gasteiger partial charge is 0.395 e. The van der Waals surface area contributed by atoms with Gasteiger partial charge in [-0.05, 0) is 28.7 Å². The molecule has 1 aromatic rings. The average Bonchev–Trinajstić information content (AvgIpc) is 2.23. The zero-order valence-electron chi connectivity index (χ0n) is 8.06. The number of urea groups is 1. The molecule has 0 radical (unpaired) electrons. The van der Waals surface area contributed by atoms with Crippen LogP contribution in [0.5, 0.6) is 0 Å². The highest BCUT2D eigenvalue weighted by Gasteiger charge is 2.10. The molecule has 0 heterocycles. The summed E-state index contributed by atoms with van der Waals surface area (Å²) >= 11 is 1.78. The van der Waals surface area contributed by atoms with Gasteiger partial charge >= 0.3 is 6.03 Å². The van der Waals surface area contributed by atoms with Gasteiger partial charge in [-0.1, -0.05) is 0 Å². The van der Waals surface area contributed by atoms with Crippen LogP contribution in [0.1, 0.15) is 0 Å². The van der Waals surface area contributed by atoms with Gasteiger partial charge in [0.15, 0.2) is 11.6 Å². The van der Waals surface area contributed by atoms with Crippen LogP contribution in [0, 0.1) is 15.2 Å². The smallest absolute Gasteiger partial charge is 0.319 e. The molecule has 0 bridgehead atoms. The highest BCUT2D eigenvalue weighted by Crippen LogP contribution is 2.21. The van der Waals surface area contributed by atoms with E-state index in [4.69, 9.17) is 5.11 Å². The van der Waals surface area contributed by atoms with Crippen LogP contribution < -0.4 is 10.6 Å². The minimum Gasteiger partial charge on any atom is -0.395 e. The fraction of sp³-hybridized carbons (Fsp3) is 0.222. The summed E-state index contributed by atoms with van der Waals surface area (Å²) in [7, 11) is 0. The molecule has 1 aromatic carbocycles. The van der Waals surface area contributed by atoms with Crippen LogP contribution in [0.15, 0.2) is 12.1 Å². The van der Waals surface area contributed by atoms with Crippen molar-refractivity contribution in [3.8, 4) is 0 Å². The number of aliphatic hydroxyl groups excluding tert-OH is 1. The topological polar surface area (TPSA) is 61.4 Å². The van der Waals surface area contributed by atoms with E-state index in [1.165, 1.54) is 0 Å². The molecular weight excluding hydrogens is 333 g/mol. The van der Waals surface area contributed by atoms with Crippen LogP contribution in [0.3, 0.4) is 0 Å². The molecule has 3 N–H and O–H groups in total. The maximum atomic E-state index is 12.9. The summed E-state index contributed by atoms with van der Waals surface area (Å²) in [5.74, 6) is -2.00. The Hall–Kier alpha value is -0.960. The molecule has 0 spiro atoms. The SMILES string of the molecule is O=C(NCCO)Nc1cc(F)c(F)cc1I. The Morgan fingerprint density at radius 2 is 2.00 bits per heavy atom. The van der Waals surface area contributed by atoms with Crippen LogP contribution >= 0.6 is 22.6 Å². The van der Waals surface area contributed by atoms with Crippen molar-refractivity contribution in [3.05, 3.63) is 27.3 Å². The van der Waals surface area contributed by atoms with Gasteiger partial charge in [-0.15, -0.1) is 0 Å². The summed E-state index contributed by atoms with van der Waals surface area (Å²) in [6, 6.07) is 1.30. The van der Waals surface area contributed by atoms with E-state index in [0.29, 0.717) is 3.57 Å². The fourth-order valence-electron chi connectivity index (χ4n) is 0.954. The fourth-order valence-corrected chi connectivity index (χ4v) is 1.52. The van der Waals surface area contributed by atoms with E-state index in [-0.39, 0.29) is 18.8 Å². The number of nitrogens with one attached hydrogen (secondary N) is 2. The van der Waals surface area contributed by atoms with Gasteiger partial charge in [0, 0.05) is 16.2 Å². The van der Waals surface area contributed by atoms with Crippen molar-refractivity contribution in [2.24, 2.45) is 0 Å². The molecule has 0 aromatic heterocycles. The molecule has 0 aliphatic rings. The van der Waals surface area contributed by atoms with E-state index in [0.717, 1.165) is 12.1 Å². The van der Waals surface area contributed by atoms with Crippen LogP contribution in [-0.2, 0) is 0 Å². The van der Waals surface area contributed by atoms with Crippen LogP contribution in [0.4, 0.5) is 19.3 Å². The van der Waals surface area contributed by atoms with Crippen LogP contribution in [0.2, 0.25) is 0 Å². The van der Waals surface area contributed by atoms with Gasteiger partial charge in [0.1, 0.15) is 0 Å². The van der Waals surface area contributed by atoms with Crippen molar-refractivity contribution >= 4 is 34.3 Å². The highest BCUT2D eigenvalue weighted by atomic mass is 127. The van der Waals surface area contributed by atoms with Crippen molar-refractivity contribution in [1.29, 1.82) is 0 Å². The number of carbonyl (C=O) groups is 1. The van der Waals surface area contributed by atoms with Gasteiger partial charge in [0.25, 0.3) is 0 Å². The van der Waals surface area contributed by atoms with Crippen molar-refractivity contribution < 1.29 is 18.7 Å². The van der Waals surface area contributed by atoms with Gasteiger partial charge in [-0.3, -0.25) is 0 Å². The molecule has 0 aliphatic carbocycles. The van der Waals surface area contributed by atoms with Gasteiger partial charge in [-0.2, -0.15) is 0 Å². The number of hydrogen-bond donors (Lipinski definition) is 3. The summed E-state index contributed by atoms with van der Waals surface area (Å²) in [4.78, 5) is 11.2. The molecule has 88 valence electrons. The lowest BCUT2D eigenvalue weighted by molar-refractivity contribution is 0.245. The van der Waals surface area contributed by atoms with Gasteiger partial charge in [0.2, 0.25) is 0 Å². The number of amides is 2. The minimum atomic E-state index is -1.03. The first-order chi connectivity index (χ1) is 7.54. The zero-order valence-corrected chi connectivity index (χ0v) is 10.2. The Kier molecular flexibility index (Phi) is 4.87. The number of aliphatic hydroxyl groups is 1. The third kappa shape index (κ3) is 3.56. The van der Waals surface area contributed by atoms with E-state index in [2.05, 4.69) is 10.6 Å². The maximum absolute atomic E-state index is 12.9. The number of halogens is 3.